The van der Waals surface area contributed by atoms with Crippen molar-refractivity contribution in [3.8, 4) is 0 Å². The van der Waals surface area contributed by atoms with Gasteiger partial charge in [0.2, 0.25) is 0 Å². The summed E-state index contributed by atoms with van der Waals surface area (Å²) in [7, 11) is 0. The maximum atomic E-state index is 10.9. The summed E-state index contributed by atoms with van der Waals surface area (Å²) in [6.07, 6.45) is 0. The fraction of sp³-hybridized carbons (Fsp3) is 0.143. The number of rotatable bonds is 5. The topological polar surface area (TPSA) is 55.2 Å². The first kappa shape index (κ1) is 15.0. The first-order valence-corrected chi connectivity index (χ1v) is 7.12. The van der Waals surface area contributed by atoms with Gasteiger partial charge in [0, 0.05) is 34.2 Å². The molecule has 2 aromatic rings. The molecule has 0 aliphatic heterocycles. The van der Waals surface area contributed by atoms with Gasteiger partial charge in [-0.25, -0.2) is 0 Å². The monoisotopic (exact) mass is 354 g/mol. The van der Waals surface area contributed by atoms with E-state index in [0.29, 0.717) is 23.7 Å². The number of nitro groups is 1. The van der Waals surface area contributed by atoms with Crippen LogP contribution in [0, 0.1) is 10.1 Å². The van der Waals surface area contributed by atoms with Gasteiger partial charge in [0.25, 0.3) is 5.69 Å². The first-order valence-electron chi connectivity index (χ1n) is 5.95. The van der Waals surface area contributed by atoms with E-state index in [2.05, 4.69) is 21.2 Å². The molecule has 0 unspecified atom stereocenters. The molecule has 1 N–H and O–H groups in total. The third kappa shape index (κ3) is 3.79. The lowest BCUT2D eigenvalue weighted by atomic mass is 10.1. The second kappa shape index (κ2) is 6.83. The summed E-state index contributed by atoms with van der Waals surface area (Å²) in [6.45, 7) is 1.04. The van der Waals surface area contributed by atoms with Crippen molar-refractivity contribution in [2.24, 2.45) is 0 Å². The van der Waals surface area contributed by atoms with Crippen molar-refractivity contribution in [3.05, 3.63) is 73.2 Å². The van der Waals surface area contributed by atoms with E-state index in [0.717, 1.165) is 10.0 Å². The highest BCUT2D eigenvalue weighted by Gasteiger charge is 2.11. The van der Waals surface area contributed by atoms with Crippen LogP contribution in [-0.4, -0.2) is 4.92 Å². The minimum atomic E-state index is -0.366. The van der Waals surface area contributed by atoms with E-state index < -0.39 is 0 Å². The number of hydrogen-bond donors (Lipinski definition) is 1. The molecule has 0 fully saturated rings. The van der Waals surface area contributed by atoms with Gasteiger partial charge in [0.15, 0.2) is 0 Å². The lowest BCUT2D eigenvalue weighted by Gasteiger charge is -2.08. The Labute approximate surface area is 130 Å². The van der Waals surface area contributed by atoms with Gasteiger partial charge < -0.3 is 5.32 Å². The zero-order valence-corrected chi connectivity index (χ0v) is 12.8. The van der Waals surface area contributed by atoms with Crippen molar-refractivity contribution in [1.82, 2.24) is 5.32 Å². The molecule has 104 valence electrons. The minimum Gasteiger partial charge on any atom is -0.308 e. The normalized spacial score (nSPS) is 10.5. The third-order valence-electron chi connectivity index (χ3n) is 2.83. The van der Waals surface area contributed by atoms with Gasteiger partial charge in [-0.15, -0.1) is 0 Å². The molecule has 0 aromatic heterocycles. The number of nitrogens with zero attached hydrogens (tertiary/aromatic N) is 1. The molecule has 0 radical (unpaired) electrons. The summed E-state index contributed by atoms with van der Waals surface area (Å²) in [5, 5.41) is 14.8. The molecular formula is C14H12BrClN2O2. The predicted octanol–water partition coefficient (Wildman–Crippen LogP) is 4.30. The van der Waals surface area contributed by atoms with Gasteiger partial charge in [-0.2, -0.15) is 0 Å². The Hall–Kier alpha value is -1.43. The van der Waals surface area contributed by atoms with Crippen LogP contribution in [0.5, 0.6) is 0 Å². The van der Waals surface area contributed by atoms with Crippen LogP contribution in [0.1, 0.15) is 11.1 Å². The quantitative estimate of drug-likeness (QED) is 0.642. The fourth-order valence-electron chi connectivity index (χ4n) is 1.84. The van der Waals surface area contributed by atoms with Crippen LogP contribution in [0.25, 0.3) is 0 Å². The first-order chi connectivity index (χ1) is 9.58. The SMILES string of the molecule is O=[N+]([O-])c1ccccc1CNCc1ccc(Cl)cc1Br. The summed E-state index contributed by atoms with van der Waals surface area (Å²) >= 11 is 9.32. The van der Waals surface area contributed by atoms with Crippen LogP contribution < -0.4 is 5.32 Å². The zero-order chi connectivity index (χ0) is 14.5. The Morgan fingerprint density at radius 3 is 2.55 bits per heavy atom. The Kier molecular flexibility index (Phi) is 5.11. The van der Waals surface area contributed by atoms with E-state index in [1.807, 2.05) is 18.2 Å². The maximum Gasteiger partial charge on any atom is 0.273 e. The standard InChI is InChI=1S/C14H12BrClN2O2/c15-13-7-12(16)6-5-10(13)8-17-9-11-3-1-2-4-14(11)18(19)20/h1-7,17H,8-9H2. The van der Waals surface area contributed by atoms with E-state index in [1.54, 1.807) is 18.2 Å². The van der Waals surface area contributed by atoms with Crippen molar-refractivity contribution in [2.45, 2.75) is 13.1 Å². The van der Waals surface area contributed by atoms with E-state index in [1.165, 1.54) is 6.07 Å². The average molecular weight is 356 g/mol. The molecule has 0 saturated carbocycles. The summed E-state index contributed by atoms with van der Waals surface area (Å²) in [5.74, 6) is 0. The molecule has 0 heterocycles. The van der Waals surface area contributed by atoms with Crippen LogP contribution in [0.3, 0.4) is 0 Å². The van der Waals surface area contributed by atoms with Gasteiger partial charge in [-0.3, -0.25) is 10.1 Å². The molecule has 2 rings (SSSR count). The highest BCUT2D eigenvalue weighted by Crippen LogP contribution is 2.22. The fourth-order valence-corrected chi connectivity index (χ4v) is 2.66. The highest BCUT2D eigenvalue weighted by molar-refractivity contribution is 9.10. The molecule has 0 spiro atoms. The second-order valence-corrected chi connectivity index (χ2v) is 5.52. The van der Waals surface area contributed by atoms with Crippen LogP contribution in [0.2, 0.25) is 5.02 Å². The number of nitrogens with one attached hydrogen (secondary N) is 1. The van der Waals surface area contributed by atoms with Gasteiger partial charge >= 0.3 is 0 Å². The van der Waals surface area contributed by atoms with Crippen LogP contribution in [-0.2, 0) is 13.1 Å². The molecule has 20 heavy (non-hydrogen) atoms. The molecule has 0 amide bonds. The van der Waals surface area contributed by atoms with Crippen molar-refractivity contribution >= 4 is 33.2 Å². The zero-order valence-electron chi connectivity index (χ0n) is 10.5. The van der Waals surface area contributed by atoms with Gasteiger partial charge in [-0.1, -0.05) is 51.8 Å². The van der Waals surface area contributed by atoms with Crippen LogP contribution in [0.4, 0.5) is 5.69 Å². The lowest BCUT2D eigenvalue weighted by molar-refractivity contribution is -0.385. The minimum absolute atomic E-state index is 0.134. The Bertz CT molecular complexity index is 634. The Morgan fingerprint density at radius 1 is 1.15 bits per heavy atom. The molecule has 2 aromatic carbocycles. The summed E-state index contributed by atoms with van der Waals surface area (Å²) in [5.41, 5.74) is 1.85. The van der Waals surface area contributed by atoms with Crippen molar-refractivity contribution in [3.63, 3.8) is 0 Å². The van der Waals surface area contributed by atoms with Gasteiger partial charge in [-0.05, 0) is 17.7 Å². The number of nitro benzene ring substituents is 1. The Balaban J connectivity index is 2.01. The van der Waals surface area contributed by atoms with E-state index in [-0.39, 0.29) is 10.6 Å². The Morgan fingerprint density at radius 2 is 1.85 bits per heavy atom. The van der Waals surface area contributed by atoms with Crippen molar-refractivity contribution < 1.29 is 4.92 Å². The van der Waals surface area contributed by atoms with E-state index in [4.69, 9.17) is 11.6 Å². The molecule has 0 aliphatic carbocycles. The summed E-state index contributed by atoms with van der Waals surface area (Å²) in [4.78, 5) is 10.5. The third-order valence-corrected chi connectivity index (χ3v) is 3.81. The second-order valence-electron chi connectivity index (χ2n) is 4.23. The lowest BCUT2D eigenvalue weighted by Crippen LogP contribution is -2.14. The molecular weight excluding hydrogens is 344 g/mol. The largest absolute Gasteiger partial charge is 0.308 e. The molecule has 4 nitrogen and oxygen atoms in total. The smallest absolute Gasteiger partial charge is 0.273 e. The average Bonchev–Trinajstić information content (AvgIpc) is 2.41. The van der Waals surface area contributed by atoms with Crippen molar-refractivity contribution in [2.75, 3.05) is 0 Å². The van der Waals surface area contributed by atoms with Crippen LogP contribution in [0.15, 0.2) is 46.9 Å². The van der Waals surface area contributed by atoms with E-state index in [9.17, 15) is 10.1 Å². The van der Waals surface area contributed by atoms with Crippen molar-refractivity contribution in [1.29, 1.82) is 0 Å². The highest BCUT2D eigenvalue weighted by atomic mass is 79.9. The molecule has 0 aliphatic rings. The van der Waals surface area contributed by atoms with Gasteiger partial charge in [0.05, 0.1) is 4.92 Å². The molecule has 0 atom stereocenters. The molecule has 0 bridgehead atoms. The predicted molar refractivity (Wildman–Crippen MR) is 82.8 cm³/mol. The number of halogens is 2. The number of para-hydroxylation sites is 1. The summed E-state index contributed by atoms with van der Waals surface area (Å²) in [6, 6.07) is 12.3. The van der Waals surface area contributed by atoms with E-state index >= 15 is 0 Å². The van der Waals surface area contributed by atoms with Crippen LogP contribution >= 0.6 is 27.5 Å². The maximum absolute atomic E-state index is 10.9. The number of benzene rings is 2. The number of hydrogen-bond acceptors (Lipinski definition) is 3. The van der Waals surface area contributed by atoms with Gasteiger partial charge in [0.1, 0.15) is 0 Å². The molecule has 0 saturated heterocycles. The summed E-state index contributed by atoms with van der Waals surface area (Å²) < 4.78 is 0.917. The molecule has 6 heteroatoms.